The molecule has 0 saturated heterocycles. The van der Waals surface area contributed by atoms with Gasteiger partial charge in [-0.3, -0.25) is 0 Å². The minimum Gasteiger partial charge on any atom is -0.166 e. The zero-order valence-corrected chi connectivity index (χ0v) is 8.30. The summed E-state index contributed by atoms with van der Waals surface area (Å²) in [6.07, 6.45) is -4.38. The molecule has 2 aromatic rings. The Kier molecular flexibility index (Phi) is 2.20. The van der Waals surface area contributed by atoms with Crippen LogP contribution in [0.15, 0.2) is 23.6 Å². The van der Waals surface area contributed by atoms with Crippen molar-refractivity contribution < 1.29 is 13.2 Å². The Morgan fingerprint density at radius 3 is 2.57 bits per heavy atom. The second-order valence-electron chi connectivity index (χ2n) is 2.79. The second-order valence-corrected chi connectivity index (χ2v) is 4.14. The van der Waals surface area contributed by atoms with Crippen molar-refractivity contribution in [2.24, 2.45) is 0 Å². The number of halogens is 4. The molecule has 2 rings (SSSR count). The molecule has 0 aliphatic carbocycles. The van der Waals surface area contributed by atoms with Crippen LogP contribution in [0, 0.1) is 0 Å². The number of hydrogen-bond acceptors (Lipinski definition) is 1. The lowest BCUT2D eigenvalue weighted by Gasteiger charge is -2.08. The standard InChI is InChI=1S/C9H4ClF3S/c10-7-4-8-5(1-2-14-8)3-6(7)9(11,12)13/h1-4H. The Balaban J connectivity index is 2.71. The third-order valence-electron chi connectivity index (χ3n) is 1.85. The molecule has 0 unspecified atom stereocenters. The average Bonchev–Trinajstić information content (AvgIpc) is 2.47. The monoisotopic (exact) mass is 236 g/mol. The molecule has 1 heterocycles. The molecule has 1 aromatic heterocycles. The van der Waals surface area contributed by atoms with E-state index in [-0.39, 0.29) is 5.02 Å². The van der Waals surface area contributed by atoms with Crippen molar-refractivity contribution in [3.05, 3.63) is 34.2 Å². The summed E-state index contributed by atoms with van der Waals surface area (Å²) >= 11 is 6.90. The maximum atomic E-state index is 12.4. The molecule has 74 valence electrons. The maximum Gasteiger partial charge on any atom is 0.417 e. The van der Waals surface area contributed by atoms with Gasteiger partial charge in [-0.25, -0.2) is 0 Å². The van der Waals surface area contributed by atoms with E-state index in [1.54, 1.807) is 11.4 Å². The lowest BCUT2D eigenvalue weighted by Crippen LogP contribution is -2.05. The average molecular weight is 237 g/mol. The van der Waals surface area contributed by atoms with E-state index in [1.807, 2.05) is 0 Å². The van der Waals surface area contributed by atoms with Gasteiger partial charge in [0.25, 0.3) is 0 Å². The van der Waals surface area contributed by atoms with Crippen LogP contribution in [0.5, 0.6) is 0 Å². The molecule has 0 amide bonds. The highest BCUT2D eigenvalue weighted by molar-refractivity contribution is 7.17. The normalized spacial score (nSPS) is 12.3. The van der Waals surface area contributed by atoms with Crippen molar-refractivity contribution in [2.45, 2.75) is 6.18 Å². The van der Waals surface area contributed by atoms with Crippen LogP contribution in [0.4, 0.5) is 13.2 Å². The molecule has 0 N–H and O–H groups in total. The van der Waals surface area contributed by atoms with Crippen LogP contribution < -0.4 is 0 Å². The van der Waals surface area contributed by atoms with Gasteiger partial charge in [0.15, 0.2) is 0 Å². The first-order valence-corrected chi connectivity index (χ1v) is 4.98. The largest absolute Gasteiger partial charge is 0.417 e. The van der Waals surface area contributed by atoms with E-state index in [4.69, 9.17) is 11.6 Å². The van der Waals surface area contributed by atoms with Crippen LogP contribution >= 0.6 is 22.9 Å². The Morgan fingerprint density at radius 1 is 1.21 bits per heavy atom. The number of alkyl halides is 3. The van der Waals surface area contributed by atoms with Gasteiger partial charge in [-0.1, -0.05) is 11.6 Å². The zero-order chi connectivity index (χ0) is 10.3. The zero-order valence-electron chi connectivity index (χ0n) is 6.73. The molecule has 0 spiro atoms. The minimum atomic E-state index is -4.38. The van der Waals surface area contributed by atoms with Crippen LogP contribution in [-0.2, 0) is 6.18 Å². The molecule has 0 aliphatic rings. The molecule has 5 heteroatoms. The predicted molar refractivity (Wildman–Crippen MR) is 51.8 cm³/mol. The van der Waals surface area contributed by atoms with Crippen molar-refractivity contribution in [1.82, 2.24) is 0 Å². The van der Waals surface area contributed by atoms with Gasteiger partial charge in [-0.05, 0) is 29.0 Å². The van der Waals surface area contributed by atoms with E-state index in [0.29, 0.717) is 5.39 Å². The smallest absolute Gasteiger partial charge is 0.166 e. The highest BCUT2D eigenvalue weighted by Gasteiger charge is 2.33. The van der Waals surface area contributed by atoms with Crippen LogP contribution in [0.2, 0.25) is 5.02 Å². The number of hydrogen-bond donors (Lipinski definition) is 0. The summed E-state index contributed by atoms with van der Waals surface area (Å²) in [7, 11) is 0. The molecule has 14 heavy (non-hydrogen) atoms. The highest BCUT2D eigenvalue weighted by atomic mass is 35.5. The van der Waals surface area contributed by atoms with E-state index in [2.05, 4.69) is 0 Å². The van der Waals surface area contributed by atoms with Gasteiger partial charge in [0.05, 0.1) is 10.6 Å². The van der Waals surface area contributed by atoms with Gasteiger partial charge in [-0.2, -0.15) is 13.2 Å². The highest BCUT2D eigenvalue weighted by Crippen LogP contribution is 2.38. The molecule has 1 aromatic carbocycles. The molecular weight excluding hydrogens is 233 g/mol. The molecule has 0 bridgehead atoms. The number of rotatable bonds is 0. The van der Waals surface area contributed by atoms with E-state index >= 15 is 0 Å². The molecular formula is C9H4ClF3S. The van der Waals surface area contributed by atoms with E-state index < -0.39 is 11.7 Å². The van der Waals surface area contributed by atoms with Crippen molar-refractivity contribution in [3.8, 4) is 0 Å². The van der Waals surface area contributed by atoms with E-state index in [0.717, 1.165) is 10.8 Å². The summed E-state index contributed by atoms with van der Waals surface area (Å²) < 4.78 is 38.0. The molecule has 0 atom stereocenters. The van der Waals surface area contributed by atoms with Crippen molar-refractivity contribution in [2.75, 3.05) is 0 Å². The first-order valence-electron chi connectivity index (χ1n) is 3.72. The van der Waals surface area contributed by atoms with Crippen LogP contribution in [-0.4, -0.2) is 0 Å². The fourth-order valence-corrected chi connectivity index (χ4v) is 2.35. The Hall–Kier alpha value is -0.740. The maximum absolute atomic E-state index is 12.4. The first-order chi connectivity index (χ1) is 6.48. The van der Waals surface area contributed by atoms with Crippen molar-refractivity contribution in [3.63, 3.8) is 0 Å². The fourth-order valence-electron chi connectivity index (χ4n) is 1.20. The first kappa shape index (κ1) is 9.80. The lowest BCUT2D eigenvalue weighted by molar-refractivity contribution is -0.137. The summed E-state index contributed by atoms with van der Waals surface area (Å²) in [5.41, 5.74) is -0.773. The van der Waals surface area contributed by atoms with Gasteiger partial charge < -0.3 is 0 Å². The van der Waals surface area contributed by atoms with Crippen molar-refractivity contribution >= 4 is 33.0 Å². The molecule has 0 aliphatic heterocycles. The number of thiophene rings is 1. The van der Waals surface area contributed by atoms with Gasteiger partial charge >= 0.3 is 6.18 Å². The Morgan fingerprint density at radius 2 is 1.93 bits per heavy atom. The van der Waals surface area contributed by atoms with Crippen LogP contribution in [0.25, 0.3) is 10.1 Å². The van der Waals surface area contributed by atoms with E-state index in [9.17, 15) is 13.2 Å². The Bertz CT molecular complexity index is 472. The quantitative estimate of drug-likeness (QED) is 0.628. The predicted octanol–water partition coefficient (Wildman–Crippen LogP) is 4.57. The molecule has 0 saturated carbocycles. The minimum absolute atomic E-state index is 0.243. The van der Waals surface area contributed by atoms with Gasteiger partial charge in [0, 0.05) is 4.70 Å². The summed E-state index contributed by atoms with van der Waals surface area (Å²) in [5.74, 6) is 0. The van der Waals surface area contributed by atoms with Crippen molar-refractivity contribution in [1.29, 1.82) is 0 Å². The summed E-state index contributed by atoms with van der Waals surface area (Å²) in [4.78, 5) is 0. The summed E-state index contributed by atoms with van der Waals surface area (Å²) in [6, 6.07) is 4.07. The van der Waals surface area contributed by atoms with Crippen LogP contribution in [0.3, 0.4) is 0 Å². The van der Waals surface area contributed by atoms with E-state index in [1.165, 1.54) is 17.4 Å². The van der Waals surface area contributed by atoms with Crippen LogP contribution in [0.1, 0.15) is 5.56 Å². The van der Waals surface area contributed by atoms with Gasteiger partial charge in [0.2, 0.25) is 0 Å². The third kappa shape index (κ3) is 1.60. The second kappa shape index (κ2) is 3.14. The SMILES string of the molecule is FC(F)(F)c1cc2ccsc2cc1Cl. The molecule has 0 nitrogen and oxygen atoms in total. The number of fused-ring (bicyclic) bond motifs is 1. The third-order valence-corrected chi connectivity index (χ3v) is 3.04. The Labute approximate surface area is 86.9 Å². The fraction of sp³-hybridized carbons (Fsp3) is 0.111. The topological polar surface area (TPSA) is 0 Å². The lowest BCUT2D eigenvalue weighted by atomic mass is 10.1. The summed E-state index contributed by atoms with van der Waals surface area (Å²) in [6.45, 7) is 0. The molecule has 0 fully saturated rings. The van der Waals surface area contributed by atoms with Gasteiger partial charge in [-0.15, -0.1) is 11.3 Å². The number of benzene rings is 1. The molecule has 0 radical (unpaired) electrons. The summed E-state index contributed by atoms with van der Waals surface area (Å²) in [5, 5.41) is 2.07. The van der Waals surface area contributed by atoms with Gasteiger partial charge in [0.1, 0.15) is 0 Å².